The lowest BCUT2D eigenvalue weighted by molar-refractivity contribution is 0.905. The molecule has 0 saturated heterocycles. The molecule has 88 valence electrons. The fourth-order valence-electron chi connectivity index (χ4n) is 1.58. The Labute approximate surface area is 110 Å². The van der Waals surface area contributed by atoms with E-state index in [9.17, 15) is 0 Å². The maximum Gasteiger partial charge on any atom is 0.220 e. The summed E-state index contributed by atoms with van der Waals surface area (Å²) >= 11 is 12.2. The number of halogens is 2. The van der Waals surface area contributed by atoms with Crippen LogP contribution in [0.2, 0.25) is 10.0 Å². The predicted molar refractivity (Wildman–Crippen MR) is 70.3 cm³/mol. The number of benzene rings is 1. The van der Waals surface area contributed by atoms with Gasteiger partial charge in [0.2, 0.25) is 5.95 Å². The number of nitrogens with two attached hydrogens (primary N) is 1. The summed E-state index contributed by atoms with van der Waals surface area (Å²) < 4.78 is 0. The van der Waals surface area contributed by atoms with Crippen molar-refractivity contribution in [2.75, 3.05) is 5.73 Å². The quantitative estimate of drug-likeness (QED) is 0.930. The van der Waals surface area contributed by atoms with Gasteiger partial charge in [0, 0.05) is 21.9 Å². The number of hydrogen-bond acceptors (Lipinski definition) is 3. The van der Waals surface area contributed by atoms with Crippen LogP contribution in [0, 0.1) is 0 Å². The molecule has 0 radical (unpaired) electrons. The third-order valence-corrected chi connectivity index (χ3v) is 3.13. The number of nitrogen functional groups attached to an aromatic ring is 1. The van der Waals surface area contributed by atoms with Crippen LogP contribution in [-0.4, -0.2) is 9.97 Å². The van der Waals surface area contributed by atoms with Crippen LogP contribution in [-0.2, 0) is 12.8 Å². The highest BCUT2D eigenvalue weighted by Crippen LogP contribution is 2.25. The summed E-state index contributed by atoms with van der Waals surface area (Å²) in [6.45, 7) is 0. The van der Waals surface area contributed by atoms with Crippen LogP contribution in [0.5, 0.6) is 0 Å². The lowest BCUT2D eigenvalue weighted by atomic mass is 10.1. The molecule has 1 heterocycles. The van der Waals surface area contributed by atoms with Gasteiger partial charge in [0.05, 0.1) is 0 Å². The van der Waals surface area contributed by atoms with Gasteiger partial charge in [0.25, 0.3) is 0 Å². The molecule has 2 N–H and O–H groups in total. The van der Waals surface area contributed by atoms with Crippen LogP contribution in [0.4, 0.5) is 5.95 Å². The van der Waals surface area contributed by atoms with Crippen LogP contribution in [0.3, 0.4) is 0 Å². The monoisotopic (exact) mass is 267 g/mol. The number of aryl methyl sites for hydroxylation is 1. The van der Waals surface area contributed by atoms with Gasteiger partial charge in [-0.1, -0.05) is 29.3 Å². The molecule has 0 aliphatic heterocycles. The average Bonchev–Trinajstić information content (AvgIpc) is 2.28. The van der Waals surface area contributed by atoms with Crippen molar-refractivity contribution in [3.8, 4) is 0 Å². The standard InChI is InChI=1S/C12H11Cl2N3/c13-10-2-1-3-11(14)9(10)5-4-8-6-7-16-12(15)17-8/h1-3,6-7H,4-5H2,(H2,15,16,17). The van der Waals surface area contributed by atoms with Gasteiger partial charge in [-0.2, -0.15) is 0 Å². The van der Waals surface area contributed by atoms with Crippen LogP contribution < -0.4 is 5.73 Å². The highest BCUT2D eigenvalue weighted by molar-refractivity contribution is 6.35. The molecule has 0 bridgehead atoms. The largest absolute Gasteiger partial charge is 0.368 e. The molecular weight excluding hydrogens is 257 g/mol. The first-order valence-corrected chi connectivity index (χ1v) is 5.92. The Balaban J connectivity index is 2.13. The van der Waals surface area contributed by atoms with E-state index in [2.05, 4.69) is 9.97 Å². The molecule has 3 nitrogen and oxygen atoms in total. The first-order valence-electron chi connectivity index (χ1n) is 5.17. The highest BCUT2D eigenvalue weighted by Gasteiger charge is 2.06. The fraction of sp³-hybridized carbons (Fsp3) is 0.167. The number of hydrogen-bond donors (Lipinski definition) is 1. The Morgan fingerprint density at radius 2 is 1.76 bits per heavy atom. The zero-order valence-corrected chi connectivity index (χ0v) is 10.5. The Morgan fingerprint density at radius 1 is 1.06 bits per heavy atom. The minimum Gasteiger partial charge on any atom is -0.368 e. The molecule has 2 rings (SSSR count). The average molecular weight is 268 g/mol. The van der Waals surface area contributed by atoms with E-state index in [1.807, 2.05) is 24.3 Å². The van der Waals surface area contributed by atoms with Crippen molar-refractivity contribution in [2.45, 2.75) is 12.8 Å². The summed E-state index contributed by atoms with van der Waals surface area (Å²) in [7, 11) is 0. The number of aromatic nitrogens is 2. The van der Waals surface area contributed by atoms with Gasteiger partial charge in [0.1, 0.15) is 0 Å². The fourth-order valence-corrected chi connectivity index (χ4v) is 2.16. The SMILES string of the molecule is Nc1nccc(CCc2c(Cl)cccc2Cl)n1. The third-order valence-electron chi connectivity index (χ3n) is 2.42. The number of nitrogens with zero attached hydrogens (tertiary/aromatic N) is 2. The van der Waals surface area contributed by atoms with Crippen LogP contribution >= 0.6 is 23.2 Å². The van der Waals surface area contributed by atoms with E-state index in [-0.39, 0.29) is 5.95 Å². The smallest absolute Gasteiger partial charge is 0.220 e. The zero-order chi connectivity index (χ0) is 12.3. The van der Waals surface area contributed by atoms with Gasteiger partial charge in [-0.25, -0.2) is 9.97 Å². The summed E-state index contributed by atoms with van der Waals surface area (Å²) in [6.07, 6.45) is 3.11. The minimum absolute atomic E-state index is 0.285. The normalized spacial score (nSPS) is 10.5. The van der Waals surface area contributed by atoms with E-state index in [0.29, 0.717) is 10.0 Å². The van der Waals surface area contributed by atoms with Crippen LogP contribution in [0.1, 0.15) is 11.3 Å². The molecule has 0 atom stereocenters. The Hall–Kier alpha value is -1.32. The predicted octanol–water partition coefficient (Wildman–Crippen LogP) is 3.15. The molecule has 0 saturated carbocycles. The Morgan fingerprint density at radius 3 is 2.41 bits per heavy atom. The van der Waals surface area contributed by atoms with Gasteiger partial charge in [0.15, 0.2) is 0 Å². The molecule has 0 aliphatic rings. The molecule has 0 unspecified atom stereocenters. The molecule has 0 spiro atoms. The molecule has 0 fully saturated rings. The number of rotatable bonds is 3. The second-order valence-electron chi connectivity index (χ2n) is 3.61. The van der Waals surface area contributed by atoms with E-state index in [1.54, 1.807) is 6.20 Å². The van der Waals surface area contributed by atoms with Gasteiger partial charge in [-0.05, 0) is 36.6 Å². The highest BCUT2D eigenvalue weighted by atomic mass is 35.5. The van der Waals surface area contributed by atoms with Crippen molar-refractivity contribution < 1.29 is 0 Å². The van der Waals surface area contributed by atoms with Gasteiger partial charge >= 0.3 is 0 Å². The van der Waals surface area contributed by atoms with Crippen molar-refractivity contribution in [1.29, 1.82) is 0 Å². The molecular formula is C12H11Cl2N3. The molecule has 0 amide bonds. The van der Waals surface area contributed by atoms with Crippen molar-refractivity contribution >= 4 is 29.2 Å². The van der Waals surface area contributed by atoms with Gasteiger partial charge < -0.3 is 5.73 Å². The van der Waals surface area contributed by atoms with E-state index in [4.69, 9.17) is 28.9 Å². The molecule has 17 heavy (non-hydrogen) atoms. The van der Waals surface area contributed by atoms with Crippen molar-refractivity contribution in [2.24, 2.45) is 0 Å². The third kappa shape index (κ3) is 3.08. The van der Waals surface area contributed by atoms with Crippen molar-refractivity contribution in [3.05, 3.63) is 51.8 Å². The molecule has 5 heteroatoms. The second-order valence-corrected chi connectivity index (χ2v) is 4.42. The summed E-state index contributed by atoms with van der Waals surface area (Å²) in [6, 6.07) is 7.33. The maximum absolute atomic E-state index is 6.09. The summed E-state index contributed by atoms with van der Waals surface area (Å²) in [5.41, 5.74) is 7.33. The van der Waals surface area contributed by atoms with Gasteiger partial charge in [-0.3, -0.25) is 0 Å². The van der Waals surface area contributed by atoms with Crippen molar-refractivity contribution in [3.63, 3.8) is 0 Å². The topological polar surface area (TPSA) is 51.8 Å². The van der Waals surface area contributed by atoms with Gasteiger partial charge in [-0.15, -0.1) is 0 Å². The van der Waals surface area contributed by atoms with Crippen LogP contribution in [0.15, 0.2) is 30.5 Å². The minimum atomic E-state index is 0.285. The first kappa shape index (κ1) is 12.1. The molecule has 0 aliphatic carbocycles. The molecule has 2 aromatic rings. The molecule has 1 aromatic carbocycles. The lowest BCUT2D eigenvalue weighted by Crippen LogP contribution is -2.00. The van der Waals surface area contributed by atoms with E-state index in [0.717, 1.165) is 24.1 Å². The lowest BCUT2D eigenvalue weighted by Gasteiger charge is -2.06. The zero-order valence-electron chi connectivity index (χ0n) is 9.03. The Kier molecular flexibility index (Phi) is 3.82. The molecule has 1 aromatic heterocycles. The summed E-state index contributed by atoms with van der Waals surface area (Å²) in [4.78, 5) is 7.97. The first-order chi connectivity index (χ1) is 8.16. The summed E-state index contributed by atoms with van der Waals surface area (Å²) in [5, 5.41) is 1.36. The number of anilines is 1. The summed E-state index contributed by atoms with van der Waals surface area (Å²) in [5.74, 6) is 0.285. The maximum atomic E-state index is 6.09. The van der Waals surface area contributed by atoms with E-state index < -0.39 is 0 Å². The van der Waals surface area contributed by atoms with E-state index >= 15 is 0 Å². The Bertz CT molecular complexity index is 509. The van der Waals surface area contributed by atoms with Crippen molar-refractivity contribution in [1.82, 2.24) is 9.97 Å². The van der Waals surface area contributed by atoms with Crippen LogP contribution in [0.25, 0.3) is 0 Å². The second kappa shape index (κ2) is 5.34. The van der Waals surface area contributed by atoms with E-state index in [1.165, 1.54) is 0 Å².